The summed E-state index contributed by atoms with van der Waals surface area (Å²) < 4.78 is 1.34. The maximum atomic E-state index is 2.48. The second kappa shape index (κ2) is 8.37. The third kappa shape index (κ3) is 3.72. The fraction of sp³-hybridized carbons (Fsp3) is 0.0400. The van der Waals surface area contributed by atoms with Crippen molar-refractivity contribution in [3.05, 3.63) is 124 Å². The predicted molar refractivity (Wildman–Crippen MR) is 129 cm³/mol. The molecule has 134 valence electrons. The van der Waals surface area contributed by atoms with E-state index >= 15 is 0 Å². The van der Waals surface area contributed by atoms with Crippen molar-refractivity contribution in [2.24, 2.45) is 0 Å². The summed E-state index contributed by atoms with van der Waals surface area (Å²) in [5, 5.41) is 4.38. The van der Waals surface area contributed by atoms with Gasteiger partial charge in [0.1, 0.15) is 0 Å². The van der Waals surface area contributed by atoms with Crippen molar-refractivity contribution in [1.82, 2.24) is 0 Å². The third-order valence-corrected chi connectivity index (χ3v) is 11.1. The first-order valence-corrected chi connectivity index (χ1v) is 12.5. The fourth-order valence-electron chi connectivity index (χ4n) is 3.90. The van der Waals surface area contributed by atoms with Crippen LogP contribution in [0.3, 0.4) is 0 Å². The van der Waals surface area contributed by atoms with Gasteiger partial charge >= 0.3 is 176 Å². The first-order chi connectivity index (χ1) is 13.3. The van der Waals surface area contributed by atoms with E-state index in [1.165, 1.54) is 25.0 Å². The molecule has 0 N–H and O–H groups in total. The first kappa shape index (κ1) is 18.4. The van der Waals surface area contributed by atoms with Gasteiger partial charge < -0.3 is 0 Å². The SMILES string of the molecule is Ic1ccccc1C[PH](c1ccccc1)(c1ccccc1)c1ccccc1. The van der Waals surface area contributed by atoms with Gasteiger partial charge in [-0.1, -0.05) is 0 Å². The van der Waals surface area contributed by atoms with Crippen LogP contribution in [0.4, 0.5) is 0 Å². The van der Waals surface area contributed by atoms with E-state index in [9.17, 15) is 0 Å². The van der Waals surface area contributed by atoms with Crippen LogP contribution in [-0.2, 0) is 6.16 Å². The van der Waals surface area contributed by atoms with E-state index in [1.807, 2.05) is 0 Å². The van der Waals surface area contributed by atoms with Gasteiger partial charge in [-0.25, -0.2) is 0 Å². The molecule has 0 aromatic heterocycles. The predicted octanol–water partition coefficient (Wildman–Crippen LogP) is 5.52. The Bertz CT molecular complexity index is 901. The molecule has 0 heterocycles. The molecule has 0 bridgehead atoms. The number of halogens is 1. The van der Waals surface area contributed by atoms with Crippen LogP contribution in [0.15, 0.2) is 115 Å². The second-order valence-corrected chi connectivity index (χ2v) is 11.8. The molecular weight excluding hydrogens is 458 g/mol. The van der Waals surface area contributed by atoms with Crippen molar-refractivity contribution in [3.63, 3.8) is 0 Å². The zero-order valence-electron chi connectivity index (χ0n) is 15.1. The molecule has 4 aromatic rings. The summed E-state index contributed by atoms with van der Waals surface area (Å²) in [6.07, 6.45) is 1.06. The molecular formula is C25H22IP. The van der Waals surface area contributed by atoms with Crippen LogP contribution in [0.1, 0.15) is 5.56 Å². The number of hydrogen-bond acceptors (Lipinski definition) is 0. The molecule has 0 spiro atoms. The Balaban J connectivity index is 2.02. The van der Waals surface area contributed by atoms with Gasteiger partial charge in [0.25, 0.3) is 0 Å². The molecule has 27 heavy (non-hydrogen) atoms. The average Bonchev–Trinajstić information content (AvgIpc) is 2.75. The molecule has 2 heteroatoms. The standard InChI is InChI=1S/C25H22IP/c26-25-19-11-10-12-21(25)20-27(22-13-4-1-5-14-22,23-15-6-2-7-16-23)24-17-8-3-9-18-24/h1-19,27H,20H2. The molecule has 0 nitrogen and oxygen atoms in total. The minimum atomic E-state index is -2.20. The molecule has 0 aliphatic rings. The Kier molecular flexibility index (Phi) is 5.71. The van der Waals surface area contributed by atoms with Gasteiger partial charge in [0.15, 0.2) is 0 Å². The molecule has 0 radical (unpaired) electrons. The van der Waals surface area contributed by atoms with E-state index in [0.717, 1.165) is 6.16 Å². The number of hydrogen-bond donors (Lipinski definition) is 0. The van der Waals surface area contributed by atoms with E-state index in [0.29, 0.717) is 0 Å². The van der Waals surface area contributed by atoms with Crippen LogP contribution in [0, 0.1) is 3.57 Å². The van der Waals surface area contributed by atoms with Gasteiger partial charge in [0, 0.05) is 0 Å². The normalized spacial score (nSPS) is 11.9. The molecule has 0 aliphatic carbocycles. The van der Waals surface area contributed by atoms with Crippen molar-refractivity contribution >= 4 is 45.8 Å². The van der Waals surface area contributed by atoms with Gasteiger partial charge in [0.2, 0.25) is 0 Å². The Morgan fingerprint density at radius 2 is 0.852 bits per heavy atom. The molecule has 0 unspecified atom stereocenters. The van der Waals surface area contributed by atoms with Crippen LogP contribution in [-0.4, -0.2) is 0 Å². The monoisotopic (exact) mass is 480 g/mol. The summed E-state index contributed by atoms with van der Waals surface area (Å²) in [5.41, 5.74) is 1.43. The first-order valence-electron chi connectivity index (χ1n) is 9.21. The fourth-order valence-corrected chi connectivity index (χ4v) is 9.62. The van der Waals surface area contributed by atoms with E-state index < -0.39 is 7.26 Å². The molecule has 4 aromatic carbocycles. The Labute approximate surface area is 175 Å². The van der Waals surface area contributed by atoms with Gasteiger partial charge in [-0.15, -0.1) is 0 Å². The molecule has 0 fully saturated rings. The maximum absolute atomic E-state index is 2.48. The van der Waals surface area contributed by atoms with Crippen molar-refractivity contribution in [1.29, 1.82) is 0 Å². The van der Waals surface area contributed by atoms with Crippen LogP contribution < -0.4 is 15.9 Å². The Hall–Kier alpha value is -1.96. The van der Waals surface area contributed by atoms with Crippen LogP contribution in [0.5, 0.6) is 0 Å². The summed E-state index contributed by atoms with van der Waals surface area (Å²) in [7, 11) is -2.20. The molecule has 0 aliphatic heterocycles. The van der Waals surface area contributed by atoms with Gasteiger partial charge in [0.05, 0.1) is 0 Å². The molecule has 0 amide bonds. The van der Waals surface area contributed by atoms with Crippen LogP contribution >= 0.6 is 29.9 Å². The summed E-state index contributed by atoms with van der Waals surface area (Å²) in [5.74, 6) is 0. The van der Waals surface area contributed by atoms with Gasteiger partial charge in [-0.05, 0) is 0 Å². The molecule has 4 rings (SSSR count). The zero-order chi connectivity index (χ0) is 18.5. The Morgan fingerprint density at radius 1 is 0.481 bits per heavy atom. The summed E-state index contributed by atoms with van der Waals surface area (Å²) in [6.45, 7) is 0. The third-order valence-electron chi connectivity index (χ3n) is 5.21. The van der Waals surface area contributed by atoms with Gasteiger partial charge in [-0.2, -0.15) is 0 Å². The van der Waals surface area contributed by atoms with Crippen LogP contribution in [0.25, 0.3) is 0 Å². The molecule has 0 saturated carbocycles. The van der Waals surface area contributed by atoms with E-state index in [1.54, 1.807) is 0 Å². The van der Waals surface area contributed by atoms with E-state index in [2.05, 4.69) is 138 Å². The van der Waals surface area contributed by atoms with E-state index in [4.69, 9.17) is 0 Å². The van der Waals surface area contributed by atoms with Crippen molar-refractivity contribution in [2.45, 2.75) is 6.16 Å². The quantitative estimate of drug-likeness (QED) is 0.261. The zero-order valence-corrected chi connectivity index (χ0v) is 18.2. The van der Waals surface area contributed by atoms with Gasteiger partial charge in [-0.3, -0.25) is 0 Å². The van der Waals surface area contributed by atoms with E-state index in [-0.39, 0.29) is 0 Å². The topological polar surface area (TPSA) is 0 Å². The second-order valence-electron chi connectivity index (χ2n) is 6.77. The summed E-state index contributed by atoms with van der Waals surface area (Å²) in [4.78, 5) is 0. The minimum absolute atomic E-state index is 1.06. The van der Waals surface area contributed by atoms with Crippen molar-refractivity contribution < 1.29 is 0 Å². The van der Waals surface area contributed by atoms with Crippen LogP contribution in [0.2, 0.25) is 0 Å². The Morgan fingerprint density at radius 3 is 1.26 bits per heavy atom. The number of rotatable bonds is 5. The summed E-state index contributed by atoms with van der Waals surface area (Å²) >= 11 is 2.48. The van der Waals surface area contributed by atoms with Crippen molar-refractivity contribution in [2.75, 3.05) is 0 Å². The molecule has 0 atom stereocenters. The number of benzene rings is 4. The average molecular weight is 480 g/mol. The molecule has 0 saturated heterocycles. The summed E-state index contributed by atoms with van der Waals surface area (Å²) in [6, 6.07) is 42.2. The van der Waals surface area contributed by atoms with Crippen molar-refractivity contribution in [3.8, 4) is 0 Å².